The third-order valence-corrected chi connectivity index (χ3v) is 5.72. The number of phenols is 1. The van der Waals surface area contributed by atoms with Crippen LogP contribution >= 0.6 is 11.3 Å². The zero-order valence-corrected chi connectivity index (χ0v) is 17.6. The van der Waals surface area contributed by atoms with Gasteiger partial charge in [-0.25, -0.2) is 4.98 Å². The number of ketones is 1. The van der Waals surface area contributed by atoms with Gasteiger partial charge in [-0.1, -0.05) is 12.1 Å². The largest absolute Gasteiger partial charge is 0.508 e. The molecule has 0 aliphatic carbocycles. The van der Waals surface area contributed by atoms with E-state index in [1.807, 2.05) is 13.8 Å². The summed E-state index contributed by atoms with van der Waals surface area (Å²) < 4.78 is 5.57. The van der Waals surface area contributed by atoms with Crippen LogP contribution in [0.15, 0.2) is 35.6 Å². The van der Waals surface area contributed by atoms with Crippen LogP contribution in [0.3, 0.4) is 0 Å². The highest BCUT2D eigenvalue weighted by atomic mass is 32.1. The van der Waals surface area contributed by atoms with E-state index in [1.165, 1.54) is 28.4 Å². The number of hydrogen-bond donors (Lipinski definition) is 2. The second-order valence-corrected chi connectivity index (χ2v) is 8.35. The van der Waals surface area contributed by atoms with Gasteiger partial charge in [-0.05, 0) is 45.4 Å². The molecule has 0 bridgehead atoms. The Morgan fingerprint density at radius 1 is 1.24 bits per heavy atom. The molecule has 2 aromatic rings. The maximum atomic E-state index is 13.3. The number of amides is 1. The number of carbonyl (C=O) groups is 2. The van der Waals surface area contributed by atoms with Gasteiger partial charge in [-0.15, -0.1) is 11.3 Å². The number of benzene rings is 1. The standard InChI is InChI=1S/C21H24N2O5S/c1-11(2)28-10-9-23-17(14-5-7-15(24)8-6-14)16(19(26)21(23)27)18(25)20-12(3)22-13(4)29-20/h5-8,11,17,24,26H,9-10H2,1-4H3. The number of phenolic OH excluding ortho intramolecular Hbond substituents is 1. The summed E-state index contributed by atoms with van der Waals surface area (Å²) in [5.74, 6) is -1.51. The lowest BCUT2D eigenvalue weighted by atomic mass is 9.95. The lowest BCUT2D eigenvalue weighted by Gasteiger charge is -2.27. The van der Waals surface area contributed by atoms with E-state index in [9.17, 15) is 19.8 Å². The van der Waals surface area contributed by atoms with Crippen LogP contribution in [0.4, 0.5) is 0 Å². The lowest BCUT2D eigenvalue weighted by Crippen LogP contribution is -2.34. The number of aliphatic hydroxyl groups excluding tert-OH is 1. The van der Waals surface area contributed by atoms with Crippen molar-refractivity contribution >= 4 is 23.0 Å². The van der Waals surface area contributed by atoms with Gasteiger partial charge in [0, 0.05) is 6.54 Å². The molecule has 29 heavy (non-hydrogen) atoms. The van der Waals surface area contributed by atoms with Crippen molar-refractivity contribution in [3.05, 3.63) is 56.7 Å². The molecule has 0 saturated carbocycles. The van der Waals surface area contributed by atoms with Crippen molar-refractivity contribution in [1.29, 1.82) is 0 Å². The van der Waals surface area contributed by atoms with Crippen LogP contribution in [-0.4, -0.2) is 51.0 Å². The van der Waals surface area contributed by atoms with Crippen molar-refractivity contribution in [2.75, 3.05) is 13.2 Å². The molecule has 1 aliphatic heterocycles. The molecule has 2 N–H and O–H groups in total. The summed E-state index contributed by atoms with van der Waals surface area (Å²) in [6, 6.07) is 5.48. The highest BCUT2D eigenvalue weighted by Crippen LogP contribution is 2.40. The van der Waals surface area contributed by atoms with E-state index < -0.39 is 23.5 Å². The zero-order chi connectivity index (χ0) is 21.3. The first kappa shape index (κ1) is 21.0. The number of nitrogens with zero attached hydrogens (tertiary/aromatic N) is 2. The molecule has 1 unspecified atom stereocenters. The Bertz CT molecular complexity index is 962. The molecule has 8 heteroatoms. The smallest absolute Gasteiger partial charge is 0.290 e. The highest BCUT2D eigenvalue weighted by molar-refractivity contribution is 7.14. The fourth-order valence-electron chi connectivity index (χ4n) is 3.37. The van der Waals surface area contributed by atoms with Gasteiger partial charge in [0.1, 0.15) is 5.75 Å². The molecular formula is C21H24N2O5S. The van der Waals surface area contributed by atoms with Gasteiger partial charge in [-0.3, -0.25) is 9.59 Å². The van der Waals surface area contributed by atoms with E-state index in [0.29, 0.717) is 16.1 Å². The number of rotatable bonds is 7. The molecular weight excluding hydrogens is 392 g/mol. The van der Waals surface area contributed by atoms with Gasteiger partial charge in [0.2, 0.25) is 5.78 Å². The van der Waals surface area contributed by atoms with Crippen LogP contribution in [0.25, 0.3) is 0 Å². The van der Waals surface area contributed by atoms with Crippen molar-refractivity contribution in [3.8, 4) is 5.75 Å². The summed E-state index contributed by atoms with van der Waals surface area (Å²) in [5, 5.41) is 21.0. The predicted molar refractivity (Wildman–Crippen MR) is 109 cm³/mol. The number of aliphatic hydroxyl groups is 1. The molecule has 0 fully saturated rings. The molecule has 1 amide bonds. The molecule has 0 spiro atoms. The normalized spacial score (nSPS) is 16.9. The number of Topliss-reactive ketones (excluding diaryl/α,β-unsaturated/α-hetero) is 1. The molecule has 1 aliphatic rings. The highest BCUT2D eigenvalue weighted by Gasteiger charge is 2.44. The third kappa shape index (κ3) is 4.18. The average Bonchev–Trinajstić information content (AvgIpc) is 3.12. The SMILES string of the molecule is Cc1nc(C)c(C(=O)C2=C(O)C(=O)N(CCOC(C)C)C2c2ccc(O)cc2)s1. The van der Waals surface area contributed by atoms with Crippen molar-refractivity contribution in [2.45, 2.75) is 39.8 Å². The molecule has 1 aromatic carbocycles. The number of aromatic nitrogens is 1. The minimum absolute atomic E-state index is 0.00898. The molecule has 0 saturated heterocycles. The predicted octanol–water partition coefficient (Wildman–Crippen LogP) is 3.47. The number of aryl methyl sites for hydroxylation is 2. The zero-order valence-electron chi connectivity index (χ0n) is 16.8. The minimum atomic E-state index is -0.770. The Morgan fingerprint density at radius 2 is 1.90 bits per heavy atom. The summed E-state index contributed by atoms with van der Waals surface area (Å²) in [6.07, 6.45) is -0.00898. The molecule has 1 atom stereocenters. The first-order chi connectivity index (χ1) is 13.7. The van der Waals surface area contributed by atoms with Gasteiger partial charge >= 0.3 is 0 Å². The summed E-state index contributed by atoms with van der Waals surface area (Å²) in [7, 11) is 0. The first-order valence-electron chi connectivity index (χ1n) is 9.34. The summed E-state index contributed by atoms with van der Waals surface area (Å²) in [5.41, 5.74) is 1.21. The van der Waals surface area contributed by atoms with E-state index >= 15 is 0 Å². The second kappa shape index (κ2) is 8.34. The van der Waals surface area contributed by atoms with Crippen LogP contribution in [0.2, 0.25) is 0 Å². The van der Waals surface area contributed by atoms with Crippen LogP contribution in [0.1, 0.15) is 45.8 Å². The van der Waals surface area contributed by atoms with E-state index in [4.69, 9.17) is 4.74 Å². The van der Waals surface area contributed by atoms with Gasteiger partial charge in [-0.2, -0.15) is 0 Å². The summed E-state index contributed by atoms with van der Waals surface area (Å²) >= 11 is 1.23. The number of hydrogen-bond acceptors (Lipinski definition) is 7. The van der Waals surface area contributed by atoms with Crippen molar-refractivity contribution in [2.24, 2.45) is 0 Å². The lowest BCUT2D eigenvalue weighted by molar-refractivity contribution is -0.130. The fourth-order valence-corrected chi connectivity index (χ4v) is 4.24. The Balaban J connectivity index is 2.03. The fraction of sp³-hybridized carbons (Fsp3) is 0.381. The molecule has 0 radical (unpaired) electrons. The van der Waals surface area contributed by atoms with Gasteiger partial charge in [0.05, 0.1) is 39.9 Å². The van der Waals surface area contributed by atoms with E-state index in [-0.39, 0.29) is 30.6 Å². The topological polar surface area (TPSA) is 100.0 Å². The van der Waals surface area contributed by atoms with Crippen LogP contribution in [-0.2, 0) is 9.53 Å². The summed E-state index contributed by atoms with van der Waals surface area (Å²) in [6.45, 7) is 7.80. The van der Waals surface area contributed by atoms with Gasteiger partial charge in [0.25, 0.3) is 5.91 Å². The van der Waals surface area contributed by atoms with E-state index in [2.05, 4.69) is 4.98 Å². The Hall–Kier alpha value is -2.71. The third-order valence-electron chi connectivity index (χ3n) is 4.65. The molecule has 3 rings (SSSR count). The molecule has 2 heterocycles. The maximum Gasteiger partial charge on any atom is 0.290 e. The number of ether oxygens (including phenoxy) is 1. The van der Waals surface area contributed by atoms with Crippen molar-refractivity contribution < 1.29 is 24.5 Å². The number of aromatic hydroxyl groups is 1. The van der Waals surface area contributed by atoms with Crippen LogP contribution in [0.5, 0.6) is 5.75 Å². The maximum absolute atomic E-state index is 13.3. The molecule has 7 nitrogen and oxygen atoms in total. The van der Waals surface area contributed by atoms with E-state index in [0.717, 1.165) is 5.01 Å². The Morgan fingerprint density at radius 3 is 2.45 bits per heavy atom. The van der Waals surface area contributed by atoms with Gasteiger partial charge < -0.3 is 19.8 Å². The quantitative estimate of drug-likeness (QED) is 0.671. The summed E-state index contributed by atoms with van der Waals surface area (Å²) in [4.78, 5) is 32.2. The Kier molecular flexibility index (Phi) is 6.04. The van der Waals surface area contributed by atoms with Gasteiger partial charge in [0.15, 0.2) is 5.76 Å². The monoisotopic (exact) mass is 416 g/mol. The van der Waals surface area contributed by atoms with Crippen LogP contribution in [0, 0.1) is 13.8 Å². The van der Waals surface area contributed by atoms with E-state index in [1.54, 1.807) is 26.0 Å². The Labute approximate surface area is 173 Å². The van der Waals surface area contributed by atoms with Crippen molar-refractivity contribution in [3.63, 3.8) is 0 Å². The minimum Gasteiger partial charge on any atom is -0.508 e. The number of carbonyl (C=O) groups excluding carboxylic acids is 2. The molecule has 1 aromatic heterocycles. The number of thiazole rings is 1. The van der Waals surface area contributed by atoms with Crippen LogP contribution < -0.4 is 0 Å². The second-order valence-electron chi connectivity index (χ2n) is 7.15. The average molecular weight is 416 g/mol. The van der Waals surface area contributed by atoms with Crippen molar-refractivity contribution in [1.82, 2.24) is 9.88 Å². The first-order valence-corrected chi connectivity index (χ1v) is 10.2. The molecule has 154 valence electrons.